The Bertz CT molecular complexity index is 285. The molecule has 0 fully saturated rings. The van der Waals surface area contributed by atoms with E-state index in [1.54, 1.807) is 0 Å². The summed E-state index contributed by atoms with van der Waals surface area (Å²) in [6.07, 6.45) is 7.01. The van der Waals surface area contributed by atoms with Crippen molar-refractivity contribution in [1.29, 1.82) is 0 Å². The third kappa shape index (κ3) is 1.93. The zero-order valence-corrected chi connectivity index (χ0v) is 9.26. The molecule has 0 radical (unpaired) electrons. The lowest BCUT2D eigenvalue weighted by molar-refractivity contribution is 0.601. The Morgan fingerprint density at radius 1 is 1.54 bits per heavy atom. The number of hydrogen-bond donors (Lipinski definition) is 0. The van der Waals surface area contributed by atoms with Gasteiger partial charge < -0.3 is 0 Å². The molecule has 1 nitrogen and oxygen atoms in total. The molecule has 13 heavy (non-hydrogen) atoms. The number of halogens is 1. The van der Waals surface area contributed by atoms with Crippen LogP contribution in [0.25, 0.3) is 0 Å². The number of pyridine rings is 1. The fourth-order valence-corrected chi connectivity index (χ4v) is 2.42. The molecule has 0 aliphatic heterocycles. The normalized spacial score (nSPS) is 20.2. The Kier molecular flexibility index (Phi) is 2.99. The van der Waals surface area contributed by atoms with Gasteiger partial charge in [0.05, 0.1) is 0 Å². The Morgan fingerprint density at radius 2 is 2.46 bits per heavy atom. The van der Waals surface area contributed by atoms with Crippen LogP contribution in [0.2, 0.25) is 0 Å². The molecule has 2 rings (SSSR count). The van der Waals surface area contributed by atoms with Crippen molar-refractivity contribution in [1.82, 2.24) is 4.98 Å². The third-order valence-electron chi connectivity index (χ3n) is 2.76. The van der Waals surface area contributed by atoms with Crippen LogP contribution in [-0.4, -0.2) is 10.3 Å². The second-order valence-corrected chi connectivity index (χ2v) is 4.41. The number of alkyl halides is 1. The number of aromatic nitrogens is 1. The first-order valence-corrected chi connectivity index (χ1v) is 6.03. The van der Waals surface area contributed by atoms with Crippen molar-refractivity contribution in [2.75, 3.05) is 5.33 Å². The van der Waals surface area contributed by atoms with Crippen LogP contribution in [0.5, 0.6) is 0 Å². The molecule has 1 heterocycles. The van der Waals surface area contributed by atoms with Crippen molar-refractivity contribution in [2.45, 2.75) is 31.6 Å². The molecule has 0 bridgehead atoms. The molecule has 0 aromatic carbocycles. The second-order valence-electron chi connectivity index (χ2n) is 3.61. The van der Waals surface area contributed by atoms with Crippen LogP contribution < -0.4 is 0 Å². The molecule has 70 valence electrons. The molecular formula is C11H14BrN. The van der Waals surface area contributed by atoms with Gasteiger partial charge in [-0.1, -0.05) is 22.0 Å². The van der Waals surface area contributed by atoms with E-state index in [-0.39, 0.29) is 0 Å². The number of hydrogen-bond acceptors (Lipinski definition) is 1. The molecule has 0 spiro atoms. The number of nitrogens with zero attached hydrogens (tertiary/aromatic N) is 1. The highest BCUT2D eigenvalue weighted by molar-refractivity contribution is 9.09. The highest BCUT2D eigenvalue weighted by Crippen LogP contribution is 2.34. The molecular weight excluding hydrogens is 226 g/mol. The minimum atomic E-state index is 0.730. The quantitative estimate of drug-likeness (QED) is 0.739. The maximum Gasteiger partial charge on any atom is 0.0466 e. The predicted octanol–water partition coefficient (Wildman–Crippen LogP) is 3.29. The number of aryl methyl sites for hydroxylation is 1. The van der Waals surface area contributed by atoms with Gasteiger partial charge in [0, 0.05) is 23.1 Å². The van der Waals surface area contributed by atoms with Gasteiger partial charge in [-0.3, -0.25) is 4.98 Å². The van der Waals surface area contributed by atoms with Gasteiger partial charge in [-0.25, -0.2) is 0 Å². The fourth-order valence-electron chi connectivity index (χ4n) is 2.10. The van der Waals surface area contributed by atoms with Crippen molar-refractivity contribution >= 4 is 15.9 Å². The minimum Gasteiger partial charge on any atom is -0.261 e. The summed E-state index contributed by atoms with van der Waals surface area (Å²) in [6, 6.07) is 4.27. The molecule has 1 unspecified atom stereocenters. The summed E-state index contributed by atoms with van der Waals surface area (Å²) >= 11 is 3.48. The number of rotatable bonds is 3. The van der Waals surface area contributed by atoms with E-state index >= 15 is 0 Å². The van der Waals surface area contributed by atoms with Gasteiger partial charge in [0.2, 0.25) is 0 Å². The van der Waals surface area contributed by atoms with Gasteiger partial charge in [0.25, 0.3) is 0 Å². The predicted molar refractivity (Wildman–Crippen MR) is 58.3 cm³/mol. The average molecular weight is 240 g/mol. The van der Waals surface area contributed by atoms with Gasteiger partial charge >= 0.3 is 0 Å². The summed E-state index contributed by atoms with van der Waals surface area (Å²) in [4.78, 5) is 4.48. The molecule has 1 aromatic rings. The van der Waals surface area contributed by atoms with Crippen LogP contribution >= 0.6 is 15.9 Å². The zero-order valence-electron chi connectivity index (χ0n) is 7.67. The summed E-state index contributed by atoms with van der Waals surface area (Å²) < 4.78 is 0. The third-order valence-corrected chi connectivity index (χ3v) is 3.32. The van der Waals surface area contributed by atoms with E-state index in [0.29, 0.717) is 0 Å². The lowest BCUT2D eigenvalue weighted by Crippen LogP contribution is -1.96. The fraction of sp³-hybridized carbons (Fsp3) is 0.545. The highest BCUT2D eigenvalue weighted by atomic mass is 79.9. The van der Waals surface area contributed by atoms with Crippen LogP contribution in [-0.2, 0) is 6.42 Å². The van der Waals surface area contributed by atoms with Crippen LogP contribution in [0.15, 0.2) is 18.3 Å². The van der Waals surface area contributed by atoms with Gasteiger partial charge in [0.1, 0.15) is 0 Å². The molecule has 0 N–H and O–H groups in total. The first kappa shape index (κ1) is 9.20. The first-order chi connectivity index (χ1) is 6.42. The van der Waals surface area contributed by atoms with Gasteiger partial charge in [-0.2, -0.15) is 0 Å². The van der Waals surface area contributed by atoms with Crippen molar-refractivity contribution in [3.05, 3.63) is 29.6 Å². The van der Waals surface area contributed by atoms with Crippen molar-refractivity contribution in [3.8, 4) is 0 Å². The smallest absolute Gasteiger partial charge is 0.0466 e. The summed E-state index contributed by atoms with van der Waals surface area (Å²) in [5.41, 5.74) is 2.84. The van der Waals surface area contributed by atoms with Crippen molar-refractivity contribution < 1.29 is 0 Å². The molecule has 0 saturated heterocycles. The summed E-state index contributed by atoms with van der Waals surface area (Å²) in [5.74, 6) is 0.730. The number of fused-ring (bicyclic) bond motifs is 1. The lowest BCUT2D eigenvalue weighted by atomic mass is 10.0. The molecule has 1 aliphatic rings. The van der Waals surface area contributed by atoms with E-state index in [2.05, 4.69) is 27.0 Å². The maximum atomic E-state index is 4.48. The largest absolute Gasteiger partial charge is 0.261 e. The maximum absolute atomic E-state index is 4.48. The van der Waals surface area contributed by atoms with E-state index in [0.717, 1.165) is 11.2 Å². The SMILES string of the molecule is BrCCCC1CCc2cccnc21. The standard InChI is InChI=1S/C11H14BrN/c12-7-1-3-9-5-6-10-4-2-8-13-11(9)10/h2,4,8-9H,1,3,5-7H2. The monoisotopic (exact) mass is 239 g/mol. The second kappa shape index (κ2) is 4.23. The molecule has 0 amide bonds. The van der Waals surface area contributed by atoms with Crippen molar-refractivity contribution in [2.24, 2.45) is 0 Å². The van der Waals surface area contributed by atoms with E-state index in [4.69, 9.17) is 0 Å². The molecule has 0 saturated carbocycles. The van der Waals surface area contributed by atoms with Crippen LogP contribution in [0.3, 0.4) is 0 Å². The van der Waals surface area contributed by atoms with E-state index < -0.39 is 0 Å². The van der Waals surface area contributed by atoms with Gasteiger partial charge in [-0.05, 0) is 37.3 Å². The Balaban J connectivity index is 2.09. The van der Waals surface area contributed by atoms with Gasteiger partial charge in [0.15, 0.2) is 0 Å². The minimum absolute atomic E-state index is 0.730. The summed E-state index contributed by atoms with van der Waals surface area (Å²) in [7, 11) is 0. The topological polar surface area (TPSA) is 12.9 Å². The van der Waals surface area contributed by atoms with E-state index in [9.17, 15) is 0 Å². The molecule has 2 heteroatoms. The van der Waals surface area contributed by atoms with Crippen LogP contribution in [0, 0.1) is 0 Å². The van der Waals surface area contributed by atoms with Crippen LogP contribution in [0.1, 0.15) is 36.4 Å². The van der Waals surface area contributed by atoms with E-state index in [1.165, 1.54) is 36.9 Å². The average Bonchev–Trinajstić information content (AvgIpc) is 2.58. The van der Waals surface area contributed by atoms with Crippen LogP contribution in [0.4, 0.5) is 0 Å². The highest BCUT2D eigenvalue weighted by Gasteiger charge is 2.22. The van der Waals surface area contributed by atoms with E-state index in [1.807, 2.05) is 12.3 Å². The molecule has 1 atom stereocenters. The first-order valence-electron chi connectivity index (χ1n) is 4.91. The summed E-state index contributed by atoms with van der Waals surface area (Å²) in [6.45, 7) is 0. The van der Waals surface area contributed by atoms with Crippen molar-refractivity contribution in [3.63, 3.8) is 0 Å². The molecule has 1 aromatic heterocycles. The Hall–Kier alpha value is -0.370. The summed E-state index contributed by atoms with van der Waals surface area (Å²) in [5, 5.41) is 1.12. The Morgan fingerprint density at radius 3 is 3.31 bits per heavy atom. The van der Waals surface area contributed by atoms with Gasteiger partial charge in [-0.15, -0.1) is 0 Å². The lowest BCUT2D eigenvalue weighted by Gasteiger charge is -2.08. The Labute approximate surface area is 87.7 Å². The zero-order chi connectivity index (χ0) is 9.10. The molecule has 1 aliphatic carbocycles.